The van der Waals surface area contributed by atoms with E-state index in [0.29, 0.717) is 11.3 Å². The normalized spacial score (nSPS) is 16.1. The average Bonchev–Trinajstić information content (AvgIpc) is 2.75. The highest BCUT2D eigenvalue weighted by Gasteiger charge is 2.36. The predicted molar refractivity (Wildman–Crippen MR) is 118 cm³/mol. The number of benzene rings is 2. The lowest BCUT2D eigenvalue weighted by molar-refractivity contribution is -0.141. The third kappa shape index (κ3) is 5.73. The first kappa shape index (κ1) is 22.6. The van der Waals surface area contributed by atoms with E-state index in [-0.39, 0.29) is 32.0 Å². The standard InChI is InChI=1S/C23H23BrN2O5/c1-15-20(22(29)31-14-16-6-3-2-4-7-16)21(17-9-11-18(24)12-10-17)25-23(30)26(15)13-5-8-19(27)28/h2-4,6-7,9-12,21H,5,8,13-14H2,1H3,(H,25,30)(H,27,28). The molecule has 0 radical (unpaired) electrons. The monoisotopic (exact) mass is 486 g/mol. The maximum atomic E-state index is 13.1. The van der Waals surface area contributed by atoms with Crippen LogP contribution in [0.25, 0.3) is 0 Å². The Balaban J connectivity index is 1.89. The Bertz CT molecular complexity index is 989. The van der Waals surface area contributed by atoms with Crippen LogP contribution in [0, 0.1) is 0 Å². The average molecular weight is 487 g/mol. The van der Waals surface area contributed by atoms with Crippen LogP contribution in [0.3, 0.4) is 0 Å². The van der Waals surface area contributed by atoms with E-state index in [4.69, 9.17) is 9.84 Å². The summed E-state index contributed by atoms with van der Waals surface area (Å²) < 4.78 is 6.44. The highest BCUT2D eigenvalue weighted by atomic mass is 79.9. The van der Waals surface area contributed by atoms with Crippen molar-refractivity contribution in [1.82, 2.24) is 10.2 Å². The van der Waals surface area contributed by atoms with Gasteiger partial charge in [0.05, 0.1) is 11.6 Å². The van der Waals surface area contributed by atoms with Gasteiger partial charge in [0.25, 0.3) is 0 Å². The SMILES string of the molecule is CC1=C(C(=O)OCc2ccccc2)C(c2ccc(Br)cc2)NC(=O)N1CCCC(=O)O. The smallest absolute Gasteiger partial charge is 0.338 e. The van der Waals surface area contributed by atoms with Crippen LogP contribution in [0.5, 0.6) is 0 Å². The largest absolute Gasteiger partial charge is 0.481 e. The van der Waals surface area contributed by atoms with Gasteiger partial charge in [0, 0.05) is 23.1 Å². The molecular weight excluding hydrogens is 464 g/mol. The molecule has 2 aromatic rings. The number of ether oxygens (including phenoxy) is 1. The van der Waals surface area contributed by atoms with Crippen LogP contribution in [0.1, 0.15) is 36.9 Å². The number of urea groups is 1. The molecule has 1 aliphatic heterocycles. The van der Waals surface area contributed by atoms with Gasteiger partial charge >= 0.3 is 18.0 Å². The van der Waals surface area contributed by atoms with Crippen molar-refractivity contribution < 1.29 is 24.2 Å². The van der Waals surface area contributed by atoms with Crippen molar-refractivity contribution in [2.24, 2.45) is 0 Å². The summed E-state index contributed by atoms with van der Waals surface area (Å²) in [5, 5.41) is 11.8. The number of aliphatic carboxylic acids is 1. The second kappa shape index (κ2) is 10.3. The molecule has 0 spiro atoms. The second-order valence-corrected chi connectivity index (χ2v) is 8.06. The van der Waals surface area contributed by atoms with Crippen LogP contribution in [0.15, 0.2) is 70.3 Å². The van der Waals surface area contributed by atoms with E-state index in [1.807, 2.05) is 54.6 Å². The summed E-state index contributed by atoms with van der Waals surface area (Å²) in [5.74, 6) is -1.47. The van der Waals surface area contributed by atoms with E-state index >= 15 is 0 Å². The van der Waals surface area contributed by atoms with E-state index in [9.17, 15) is 14.4 Å². The molecular formula is C23H23BrN2O5. The molecule has 2 aromatic carbocycles. The number of halogens is 1. The predicted octanol–water partition coefficient (Wildman–Crippen LogP) is 4.40. The first-order valence-corrected chi connectivity index (χ1v) is 10.6. The molecule has 0 saturated carbocycles. The molecule has 0 bridgehead atoms. The van der Waals surface area contributed by atoms with Crippen LogP contribution in [0.4, 0.5) is 4.79 Å². The lowest BCUT2D eigenvalue weighted by atomic mass is 9.95. The summed E-state index contributed by atoms with van der Waals surface area (Å²) >= 11 is 3.39. The Morgan fingerprint density at radius 3 is 2.45 bits per heavy atom. The van der Waals surface area contributed by atoms with Gasteiger partial charge < -0.3 is 15.2 Å². The molecule has 2 N–H and O–H groups in total. The third-order valence-electron chi connectivity index (χ3n) is 5.00. The fourth-order valence-corrected chi connectivity index (χ4v) is 3.67. The van der Waals surface area contributed by atoms with Gasteiger partial charge in [-0.05, 0) is 36.6 Å². The molecule has 7 nitrogen and oxygen atoms in total. The third-order valence-corrected chi connectivity index (χ3v) is 5.53. The lowest BCUT2D eigenvalue weighted by Crippen LogP contribution is -2.48. The molecule has 3 rings (SSSR count). The zero-order valence-corrected chi connectivity index (χ0v) is 18.6. The first-order chi connectivity index (χ1) is 14.9. The summed E-state index contributed by atoms with van der Waals surface area (Å²) in [6.45, 7) is 1.98. The number of carboxylic acids is 1. The van der Waals surface area contributed by atoms with E-state index in [2.05, 4.69) is 21.2 Å². The van der Waals surface area contributed by atoms with E-state index in [0.717, 1.165) is 15.6 Å². The van der Waals surface area contributed by atoms with Crippen molar-refractivity contribution in [3.05, 3.63) is 81.5 Å². The van der Waals surface area contributed by atoms with Crippen molar-refractivity contribution in [3.8, 4) is 0 Å². The fourth-order valence-electron chi connectivity index (χ4n) is 3.41. The molecule has 31 heavy (non-hydrogen) atoms. The zero-order chi connectivity index (χ0) is 22.4. The number of allylic oxidation sites excluding steroid dienone is 1. The summed E-state index contributed by atoms with van der Waals surface area (Å²) in [7, 11) is 0. The van der Waals surface area contributed by atoms with Gasteiger partial charge in [-0.25, -0.2) is 9.59 Å². The second-order valence-electron chi connectivity index (χ2n) is 7.14. The minimum absolute atomic E-state index is 0.0685. The Morgan fingerprint density at radius 1 is 1.13 bits per heavy atom. The van der Waals surface area contributed by atoms with E-state index < -0.39 is 18.0 Å². The molecule has 0 fully saturated rings. The number of carbonyl (C=O) groups excluding carboxylic acids is 2. The molecule has 8 heteroatoms. The van der Waals surface area contributed by atoms with Crippen LogP contribution in [-0.2, 0) is 20.9 Å². The van der Waals surface area contributed by atoms with Crippen LogP contribution < -0.4 is 5.32 Å². The highest BCUT2D eigenvalue weighted by Crippen LogP contribution is 2.32. The molecule has 2 amide bonds. The Labute approximate surface area is 188 Å². The van der Waals surface area contributed by atoms with E-state index in [1.165, 1.54) is 4.90 Å². The van der Waals surface area contributed by atoms with Crippen LogP contribution >= 0.6 is 15.9 Å². The van der Waals surface area contributed by atoms with Gasteiger partial charge in [0.1, 0.15) is 6.61 Å². The number of carbonyl (C=O) groups is 3. The topological polar surface area (TPSA) is 95.9 Å². The summed E-state index contributed by atoms with van der Waals surface area (Å²) in [4.78, 5) is 38.1. The molecule has 0 saturated heterocycles. The zero-order valence-electron chi connectivity index (χ0n) is 17.0. The summed E-state index contributed by atoms with van der Waals surface area (Å²) in [5.41, 5.74) is 2.38. The van der Waals surface area contributed by atoms with E-state index in [1.54, 1.807) is 6.92 Å². The number of hydrogen-bond donors (Lipinski definition) is 2. The van der Waals surface area contributed by atoms with Crippen molar-refractivity contribution in [2.75, 3.05) is 6.54 Å². The van der Waals surface area contributed by atoms with Gasteiger partial charge in [0.15, 0.2) is 0 Å². The minimum atomic E-state index is -0.936. The first-order valence-electron chi connectivity index (χ1n) is 9.84. The maximum Gasteiger partial charge on any atom is 0.338 e. The number of rotatable bonds is 8. The van der Waals surface area contributed by atoms with Crippen molar-refractivity contribution in [3.63, 3.8) is 0 Å². The number of hydrogen-bond acceptors (Lipinski definition) is 4. The van der Waals surface area contributed by atoms with Crippen LogP contribution in [-0.4, -0.2) is 34.5 Å². The molecule has 1 heterocycles. The quantitative estimate of drug-likeness (QED) is 0.539. The molecule has 1 aliphatic rings. The molecule has 1 atom stereocenters. The van der Waals surface area contributed by atoms with Gasteiger partial charge in [-0.1, -0.05) is 58.4 Å². The maximum absolute atomic E-state index is 13.1. The number of esters is 1. The Morgan fingerprint density at radius 2 is 1.81 bits per heavy atom. The van der Waals surface area contributed by atoms with Gasteiger partial charge in [0.2, 0.25) is 0 Å². The summed E-state index contributed by atoms with van der Waals surface area (Å²) in [6, 6.07) is 15.6. The highest BCUT2D eigenvalue weighted by molar-refractivity contribution is 9.10. The molecule has 0 aromatic heterocycles. The lowest BCUT2D eigenvalue weighted by Gasteiger charge is -2.35. The van der Waals surface area contributed by atoms with Gasteiger partial charge in [-0.15, -0.1) is 0 Å². The molecule has 0 aliphatic carbocycles. The Kier molecular flexibility index (Phi) is 7.46. The number of nitrogens with one attached hydrogen (secondary N) is 1. The number of nitrogens with zero attached hydrogens (tertiary/aromatic N) is 1. The molecule has 1 unspecified atom stereocenters. The Hall–Kier alpha value is -3.13. The van der Waals surface area contributed by atoms with Crippen molar-refractivity contribution >= 4 is 33.9 Å². The van der Waals surface area contributed by atoms with Gasteiger partial charge in [-0.2, -0.15) is 0 Å². The number of amides is 2. The minimum Gasteiger partial charge on any atom is -0.481 e. The summed E-state index contributed by atoms with van der Waals surface area (Å²) in [6.07, 6.45) is 0.205. The van der Waals surface area contributed by atoms with Gasteiger partial charge in [-0.3, -0.25) is 9.69 Å². The number of carboxylic acid groups (broad SMARTS) is 1. The fraction of sp³-hybridized carbons (Fsp3) is 0.261. The van der Waals surface area contributed by atoms with Crippen LogP contribution in [0.2, 0.25) is 0 Å². The molecule has 162 valence electrons. The van der Waals surface area contributed by atoms with Crippen molar-refractivity contribution in [1.29, 1.82) is 0 Å². The van der Waals surface area contributed by atoms with Crippen molar-refractivity contribution in [2.45, 2.75) is 32.4 Å².